The number of anilines is 3. The number of carbonyl (C=O) groups excluding carboxylic acids is 1. The summed E-state index contributed by atoms with van der Waals surface area (Å²) in [7, 11) is 0. The molecule has 0 bridgehead atoms. The molecule has 0 aliphatic heterocycles. The van der Waals surface area contributed by atoms with E-state index in [9.17, 15) is 4.79 Å². The summed E-state index contributed by atoms with van der Waals surface area (Å²) in [6.45, 7) is -0.594. The molecule has 0 atom stereocenters. The second-order valence-corrected chi connectivity index (χ2v) is 5.53. The maximum atomic E-state index is 11.3. The first-order valence-electron chi connectivity index (χ1n) is 7.35. The van der Waals surface area contributed by atoms with E-state index in [1.54, 1.807) is 36.8 Å². The molecule has 0 unspecified atom stereocenters. The SMILES string of the molecule is O=C(CO)Nc1cncc(-c2cncc(Nc3cccc(Cl)c3)n2)c1. The number of aromatic nitrogens is 3. The van der Waals surface area contributed by atoms with Gasteiger partial charge in [0.05, 0.1) is 30.0 Å². The standard InChI is InChI=1S/C17H14ClN5O2/c18-12-2-1-3-13(5-12)21-16-9-20-8-15(23-16)11-4-14(7-19-6-11)22-17(25)10-24/h1-9,24H,10H2,(H,21,23)(H,22,25). The maximum absolute atomic E-state index is 11.3. The Labute approximate surface area is 148 Å². The van der Waals surface area contributed by atoms with Crippen LogP contribution in [0.1, 0.15) is 0 Å². The highest BCUT2D eigenvalue weighted by atomic mass is 35.5. The maximum Gasteiger partial charge on any atom is 0.250 e. The van der Waals surface area contributed by atoms with Crippen LogP contribution in [0.4, 0.5) is 17.2 Å². The first kappa shape index (κ1) is 16.8. The number of hydrogen-bond acceptors (Lipinski definition) is 6. The minimum atomic E-state index is -0.594. The lowest BCUT2D eigenvalue weighted by molar-refractivity contribution is -0.118. The van der Waals surface area contributed by atoms with Crippen molar-refractivity contribution in [2.24, 2.45) is 0 Å². The molecule has 3 N–H and O–H groups in total. The Balaban J connectivity index is 1.84. The Morgan fingerprint density at radius 2 is 1.92 bits per heavy atom. The van der Waals surface area contributed by atoms with Crippen LogP contribution in [0, 0.1) is 0 Å². The molecule has 1 amide bonds. The Morgan fingerprint density at radius 1 is 1.08 bits per heavy atom. The van der Waals surface area contributed by atoms with E-state index in [1.165, 1.54) is 6.20 Å². The summed E-state index contributed by atoms with van der Waals surface area (Å²) in [6, 6.07) is 8.97. The number of nitrogens with one attached hydrogen (secondary N) is 2. The van der Waals surface area contributed by atoms with E-state index in [-0.39, 0.29) is 0 Å². The second kappa shape index (κ2) is 7.69. The van der Waals surface area contributed by atoms with Crippen molar-refractivity contribution in [2.75, 3.05) is 17.2 Å². The lowest BCUT2D eigenvalue weighted by Crippen LogP contribution is -2.15. The first-order chi connectivity index (χ1) is 12.1. The van der Waals surface area contributed by atoms with Gasteiger partial charge in [-0.25, -0.2) is 4.98 Å². The van der Waals surface area contributed by atoms with Crippen LogP contribution in [0.5, 0.6) is 0 Å². The fourth-order valence-corrected chi connectivity index (χ4v) is 2.32. The minimum Gasteiger partial charge on any atom is -0.387 e. The third-order valence-corrected chi connectivity index (χ3v) is 3.43. The quantitative estimate of drug-likeness (QED) is 0.650. The van der Waals surface area contributed by atoms with Gasteiger partial charge in [0.25, 0.3) is 0 Å². The molecule has 1 aromatic carbocycles. The molecule has 25 heavy (non-hydrogen) atoms. The number of amides is 1. The molecule has 3 rings (SSSR count). The van der Waals surface area contributed by atoms with Crippen LogP contribution in [0.2, 0.25) is 5.02 Å². The van der Waals surface area contributed by atoms with Crippen LogP contribution in [0.15, 0.2) is 55.1 Å². The van der Waals surface area contributed by atoms with Gasteiger partial charge in [0.1, 0.15) is 12.4 Å². The van der Waals surface area contributed by atoms with Crippen LogP contribution in [-0.4, -0.2) is 32.6 Å². The van der Waals surface area contributed by atoms with E-state index in [1.807, 2.05) is 12.1 Å². The fraction of sp³-hybridized carbons (Fsp3) is 0.0588. The molecular weight excluding hydrogens is 342 g/mol. The lowest BCUT2D eigenvalue weighted by Gasteiger charge is -2.08. The zero-order valence-corrected chi connectivity index (χ0v) is 13.7. The van der Waals surface area contributed by atoms with Crippen LogP contribution < -0.4 is 10.6 Å². The molecule has 126 valence electrons. The van der Waals surface area contributed by atoms with Crippen molar-refractivity contribution in [1.82, 2.24) is 15.0 Å². The molecule has 2 heterocycles. The summed E-state index contributed by atoms with van der Waals surface area (Å²) < 4.78 is 0. The summed E-state index contributed by atoms with van der Waals surface area (Å²) in [6.07, 6.45) is 6.29. The number of nitrogens with zero attached hydrogens (tertiary/aromatic N) is 3. The number of hydrogen-bond donors (Lipinski definition) is 3. The molecule has 0 aliphatic rings. The summed E-state index contributed by atoms with van der Waals surface area (Å²) in [4.78, 5) is 24.0. The van der Waals surface area contributed by atoms with Crippen molar-refractivity contribution in [1.29, 1.82) is 0 Å². The van der Waals surface area contributed by atoms with Gasteiger partial charge >= 0.3 is 0 Å². The van der Waals surface area contributed by atoms with Crippen molar-refractivity contribution in [3.05, 3.63) is 60.1 Å². The van der Waals surface area contributed by atoms with Crippen molar-refractivity contribution >= 4 is 34.7 Å². The average Bonchev–Trinajstić information content (AvgIpc) is 2.62. The molecule has 8 heteroatoms. The van der Waals surface area contributed by atoms with Gasteiger partial charge in [-0.2, -0.15) is 0 Å². The lowest BCUT2D eigenvalue weighted by atomic mass is 10.2. The predicted molar refractivity (Wildman–Crippen MR) is 95.7 cm³/mol. The zero-order valence-electron chi connectivity index (χ0n) is 13.0. The molecule has 0 aliphatic carbocycles. The van der Waals surface area contributed by atoms with Crippen molar-refractivity contribution in [2.45, 2.75) is 0 Å². The largest absolute Gasteiger partial charge is 0.387 e. The van der Waals surface area contributed by atoms with Crippen molar-refractivity contribution < 1.29 is 9.90 Å². The van der Waals surface area contributed by atoms with Crippen LogP contribution >= 0.6 is 11.6 Å². The molecule has 0 spiro atoms. The van der Waals surface area contributed by atoms with Crippen molar-refractivity contribution in [3.8, 4) is 11.3 Å². The normalized spacial score (nSPS) is 10.3. The smallest absolute Gasteiger partial charge is 0.250 e. The molecule has 7 nitrogen and oxygen atoms in total. The van der Waals surface area contributed by atoms with E-state index >= 15 is 0 Å². The highest BCUT2D eigenvalue weighted by Gasteiger charge is 2.06. The molecule has 2 aromatic heterocycles. The van der Waals surface area contributed by atoms with E-state index in [0.717, 1.165) is 5.69 Å². The second-order valence-electron chi connectivity index (χ2n) is 5.09. The molecule has 0 fully saturated rings. The first-order valence-corrected chi connectivity index (χ1v) is 7.72. The topological polar surface area (TPSA) is 100 Å². The molecule has 3 aromatic rings. The van der Waals surface area contributed by atoms with E-state index in [2.05, 4.69) is 25.6 Å². The number of pyridine rings is 1. The Hall–Kier alpha value is -3.03. The summed E-state index contributed by atoms with van der Waals surface area (Å²) in [5, 5.41) is 15.1. The van der Waals surface area contributed by atoms with Gasteiger partial charge in [0.15, 0.2) is 0 Å². The van der Waals surface area contributed by atoms with Gasteiger partial charge in [-0.15, -0.1) is 0 Å². The van der Waals surface area contributed by atoms with Gasteiger partial charge in [-0.05, 0) is 24.3 Å². The van der Waals surface area contributed by atoms with Gasteiger partial charge < -0.3 is 15.7 Å². The third kappa shape index (κ3) is 4.50. The van der Waals surface area contributed by atoms with Gasteiger partial charge in [0.2, 0.25) is 5.91 Å². The van der Waals surface area contributed by atoms with E-state index in [0.29, 0.717) is 27.8 Å². The van der Waals surface area contributed by atoms with Crippen LogP contribution in [-0.2, 0) is 4.79 Å². The summed E-state index contributed by atoms with van der Waals surface area (Å²) in [5.74, 6) is 0.0333. The van der Waals surface area contributed by atoms with Crippen LogP contribution in [0.3, 0.4) is 0 Å². The molecule has 0 saturated carbocycles. The summed E-state index contributed by atoms with van der Waals surface area (Å²) >= 11 is 5.97. The highest BCUT2D eigenvalue weighted by Crippen LogP contribution is 2.22. The number of aliphatic hydroxyl groups is 1. The fourth-order valence-electron chi connectivity index (χ4n) is 2.13. The molecule has 0 radical (unpaired) electrons. The average molecular weight is 356 g/mol. The Kier molecular flexibility index (Phi) is 5.17. The van der Waals surface area contributed by atoms with Crippen molar-refractivity contribution in [3.63, 3.8) is 0 Å². The van der Waals surface area contributed by atoms with Gasteiger partial charge in [0, 0.05) is 22.5 Å². The number of benzene rings is 1. The number of halogens is 1. The Morgan fingerprint density at radius 3 is 2.72 bits per heavy atom. The monoisotopic (exact) mass is 355 g/mol. The highest BCUT2D eigenvalue weighted by molar-refractivity contribution is 6.30. The Bertz CT molecular complexity index is 903. The zero-order chi connectivity index (χ0) is 17.6. The van der Waals surface area contributed by atoms with E-state index in [4.69, 9.17) is 16.7 Å². The molecular formula is C17H14ClN5O2. The van der Waals surface area contributed by atoms with E-state index < -0.39 is 12.5 Å². The minimum absolute atomic E-state index is 0.464. The number of aliphatic hydroxyl groups excluding tert-OH is 1. The number of rotatable bonds is 5. The number of carbonyl (C=O) groups is 1. The predicted octanol–water partition coefficient (Wildman–Crippen LogP) is 2.87. The van der Waals surface area contributed by atoms with Gasteiger partial charge in [-0.3, -0.25) is 14.8 Å². The van der Waals surface area contributed by atoms with Crippen LogP contribution in [0.25, 0.3) is 11.3 Å². The third-order valence-electron chi connectivity index (χ3n) is 3.19. The molecule has 0 saturated heterocycles. The van der Waals surface area contributed by atoms with Gasteiger partial charge in [-0.1, -0.05) is 17.7 Å². The summed E-state index contributed by atoms with van der Waals surface area (Å²) in [5.41, 5.74) is 2.52.